The van der Waals surface area contributed by atoms with Gasteiger partial charge in [0, 0.05) is 28.6 Å². The van der Waals surface area contributed by atoms with Gasteiger partial charge in [0.25, 0.3) is 0 Å². The summed E-state index contributed by atoms with van der Waals surface area (Å²) in [4.78, 5) is 2.40. The zero-order chi connectivity index (χ0) is 12.4. The summed E-state index contributed by atoms with van der Waals surface area (Å²) >= 11 is 9.56. The average molecular weight is 319 g/mol. The number of hydrogen-bond donors (Lipinski definition) is 0. The first-order chi connectivity index (χ1) is 8.11. The second kappa shape index (κ2) is 5.59. The molecule has 1 aromatic carbocycles. The molecule has 17 heavy (non-hydrogen) atoms. The first-order valence-electron chi connectivity index (χ1n) is 5.84. The van der Waals surface area contributed by atoms with E-state index >= 15 is 0 Å². The van der Waals surface area contributed by atoms with Crippen LogP contribution in [-0.2, 0) is 10.1 Å². The summed E-state index contributed by atoms with van der Waals surface area (Å²) in [6.07, 6.45) is 0.282. The Kier molecular flexibility index (Phi) is 4.34. The summed E-state index contributed by atoms with van der Waals surface area (Å²) in [6.45, 7) is 6.02. The zero-order valence-electron chi connectivity index (χ0n) is 10.1. The fraction of sp³-hybridized carbons (Fsp3) is 0.538. The number of halogens is 2. The lowest BCUT2D eigenvalue weighted by molar-refractivity contribution is 0.0343. The summed E-state index contributed by atoms with van der Waals surface area (Å²) in [5, 5.41) is 1.61. The minimum Gasteiger partial charge on any atom is -0.375 e. The molecule has 0 spiro atoms. The summed E-state index contributed by atoms with van der Waals surface area (Å²) in [5.41, 5.74) is 2.49. The number of morpholine rings is 1. The Morgan fingerprint density at radius 3 is 2.94 bits per heavy atom. The van der Waals surface area contributed by atoms with E-state index in [-0.39, 0.29) is 6.10 Å². The van der Waals surface area contributed by atoms with Gasteiger partial charge in [0.1, 0.15) is 0 Å². The first kappa shape index (κ1) is 13.2. The van der Waals surface area contributed by atoms with Gasteiger partial charge in [0.2, 0.25) is 0 Å². The Labute approximate surface area is 116 Å². The molecule has 1 fully saturated rings. The molecule has 2 nitrogen and oxygen atoms in total. The standard InChI is InChI=1S/C13H17BrClNO/c1-9-8-17-10(2)7-16(9)13-4-3-12(15)5-11(13)6-14/h3-5,9-10H,6-8H2,1-2H3. The maximum atomic E-state index is 6.04. The SMILES string of the molecule is CC1CN(c2ccc(Cl)cc2CBr)C(C)CO1. The molecule has 0 aromatic heterocycles. The van der Waals surface area contributed by atoms with E-state index < -0.39 is 0 Å². The second-order valence-corrected chi connectivity index (χ2v) is 5.55. The molecule has 0 amide bonds. The van der Waals surface area contributed by atoms with Crippen molar-refractivity contribution in [1.29, 1.82) is 0 Å². The van der Waals surface area contributed by atoms with Crippen molar-refractivity contribution in [2.75, 3.05) is 18.1 Å². The van der Waals surface area contributed by atoms with Gasteiger partial charge >= 0.3 is 0 Å². The molecule has 94 valence electrons. The van der Waals surface area contributed by atoms with Gasteiger partial charge in [-0.15, -0.1) is 0 Å². The molecule has 4 heteroatoms. The molecule has 1 aromatic rings. The van der Waals surface area contributed by atoms with Crippen LogP contribution in [0.25, 0.3) is 0 Å². The molecule has 1 aliphatic rings. The molecular formula is C13H17BrClNO. The van der Waals surface area contributed by atoms with E-state index in [9.17, 15) is 0 Å². The van der Waals surface area contributed by atoms with Crippen LogP contribution in [0, 0.1) is 0 Å². The molecular weight excluding hydrogens is 302 g/mol. The fourth-order valence-corrected chi connectivity index (χ4v) is 2.82. The molecule has 2 unspecified atom stereocenters. The van der Waals surface area contributed by atoms with Crippen LogP contribution in [0.3, 0.4) is 0 Å². The maximum Gasteiger partial charge on any atom is 0.0723 e. The number of nitrogens with zero attached hydrogens (tertiary/aromatic N) is 1. The number of benzene rings is 1. The Morgan fingerprint density at radius 1 is 1.47 bits per heavy atom. The highest BCUT2D eigenvalue weighted by Crippen LogP contribution is 2.29. The lowest BCUT2D eigenvalue weighted by atomic mass is 10.1. The molecule has 0 aliphatic carbocycles. The quantitative estimate of drug-likeness (QED) is 0.768. The van der Waals surface area contributed by atoms with Gasteiger partial charge in [-0.25, -0.2) is 0 Å². The molecule has 0 N–H and O–H groups in total. The smallest absolute Gasteiger partial charge is 0.0723 e. The topological polar surface area (TPSA) is 12.5 Å². The zero-order valence-corrected chi connectivity index (χ0v) is 12.5. The minimum absolute atomic E-state index is 0.282. The van der Waals surface area contributed by atoms with Crippen molar-refractivity contribution >= 4 is 33.2 Å². The van der Waals surface area contributed by atoms with E-state index in [2.05, 4.69) is 40.7 Å². The van der Waals surface area contributed by atoms with Gasteiger partial charge in [0.15, 0.2) is 0 Å². The molecule has 0 bridgehead atoms. The predicted molar refractivity (Wildman–Crippen MR) is 76.3 cm³/mol. The second-order valence-electron chi connectivity index (χ2n) is 4.55. The van der Waals surface area contributed by atoms with Crippen LogP contribution in [0.4, 0.5) is 5.69 Å². The molecule has 2 rings (SSSR count). The lowest BCUT2D eigenvalue weighted by Gasteiger charge is -2.39. The van der Waals surface area contributed by atoms with Crippen LogP contribution < -0.4 is 4.90 Å². The molecule has 1 saturated heterocycles. The van der Waals surface area contributed by atoms with E-state index in [0.717, 1.165) is 23.5 Å². The van der Waals surface area contributed by atoms with Gasteiger partial charge in [-0.1, -0.05) is 27.5 Å². The third-order valence-electron chi connectivity index (χ3n) is 3.10. The first-order valence-corrected chi connectivity index (χ1v) is 7.34. The van der Waals surface area contributed by atoms with Gasteiger partial charge in [-0.3, -0.25) is 0 Å². The van der Waals surface area contributed by atoms with Crippen molar-refractivity contribution in [2.45, 2.75) is 31.3 Å². The van der Waals surface area contributed by atoms with Crippen LogP contribution in [0.1, 0.15) is 19.4 Å². The average Bonchev–Trinajstić information content (AvgIpc) is 2.32. The summed E-state index contributed by atoms with van der Waals surface area (Å²) in [5.74, 6) is 0. The Morgan fingerprint density at radius 2 is 2.24 bits per heavy atom. The highest BCUT2D eigenvalue weighted by molar-refractivity contribution is 9.08. The predicted octanol–water partition coefficient (Wildman–Crippen LogP) is 3.85. The van der Waals surface area contributed by atoms with Crippen molar-refractivity contribution in [3.05, 3.63) is 28.8 Å². The van der Waals surface area contributed by atoms with Crippen molar-refractivity contribution < 1.29 is 4.74 Å². The summed E-state index contributed by atoms with van der Waals surface area (Å²) < 4.78 is 5.66. The van der Waals surface area contributed by atoms with E-state index in [0.29, 0.717) is 6.04 Å². The fourth-order valence-electron chi connectivity index (χ4n) is 2.18. The normalized spacial score (nSPS) is 25.1. The summed E-state index contributed by atoms with van der Waals surface area (Å²) in [7, 11) is 0. The molecule has 0 radical (unpaired) electrons. The third-order valence-corrected chi connectivity index (χ3v) is 3.94. The van der Waals surface area contributed by atoms with E-state index in [1.807, 2.05) is 12.1 Å². The number of ether oxygens (including phenoxy) is 1. The van der Waals surface area contributed by atoms with Gasteiger partial charge in [-0.2, -0.15) is 0 Å². The number of rotatable bonds is 2. The molecule has 2 atom stereocenters. The number of anilines is 1. The van der Waals surface area contributed by atoms with E-state index in [1.54, 1.807) is 0 Å². The number of hydrogen-bond acceptors (Lipinski definition) is 2. The van der Waals surface area contributed by atoms with Crippen molar-refractivity contribution in [3.8, 4) is 0 Å². The highest BCUT2D eigenvalue weighted by Gasteiger charge is 2.25. The van der Waals surface area contributed by atoms with Crippen LogP contribution in [0.5, 0.6) is 0 Å². The third kappa shape index (κ3) is 2.95. The van der Waals surface area contributed by atoms with Crippen molar-refractivity contribution in [1.82, 2.24) is 0 Å². The van der Waals surface area contributed by atoms with E-state index in [4.69, 9.17) is 16.3 Å². The van der Waals surface area contributed by atoms with Crippen molar-refractivity contribution in [2.24, 2.45) is 0 Å². The maximum absolute atomic E-state index is 6.04. The van der Waals surface area contributed by atoms with Crippen LogP contribution in [-0.4, -0.2) is 25.3 Å². The minimum atomic E-state index is 0.282. The van der Waals surface area contributed by atoms with Crippen LogP contribution in [0.15, 0.2) is 18.2 Å². The van der Waals surface area contributed by atoms with Gasteiger partial charge in [-0.05, 0) is 37.6 Å². The largest absolute Gasteiger partial charge is 0.375 e. The van der Waals surface area contributed by atoms with Crippen molar-refractivity contribution in [3.63, 3.8) is 0 Å². The van der Waals surface area contributed by atoms with Crippen LogP contribution in [0.2, 0.25) is 5.02 Å². The van der Waals surface area contributed by atoms with Gasteiger partial charge in [0.05, 0.1) is 12.7 Å². The van der Waals surface area contributed by atoms with Crippen LogP contribution >= 0.6 is 27.5 Å². The summed E-state index contributed by atoms with van der Waals surface area (Å²) in [6, 6.07) is 6.49. The Hall–Kier alpha value is -0.250. The molecule has 0 saturated carbocycles. The highest BCUT2D eigenvalue weighted by atomic mass is 79.9. The molecule has 1 aliphatic heterocycles. The number of alkyl halides is 1. The Bertz CT molecular complexity index is 399. The monoisotopic (exact) mass is 317 g/mol. The lowest BCUT2D eigenvalue weighted by Crippen LogP contribution is -2.47. The molecule has 1 heterocycles. The van der Waals surface area contributed by atoms with Gasteiger partial charge < -0.3 is 9.64 Å². The van der Waals surface area contributed by atoms with E-state index in [1.165, 1.54) is 11.3 Å². The Balaban J connectivity index is 2.31.